The highest BCUT2D eigenvalue weighted by atomic mass is 35.5. The van der Waals surface area contributed by atoms with Crippen LogP contribution in [0, 0.1) is 5.82 Å². The van der Waals surface area contributed by atoms with Gasteiger partial charge in [-0.3, -0.25) is 0 Å². The molecular weight excluding hydrogens is 305 g/mol. The third-order valence-electron chi connectivity index (χ3n) is 3.64. The van der Waals surface area contributed by atoms with Gasteiger partial charge in [0.05, 0.1) is 11.2 Å². The van der Waals surface area contributed by atoms with Gasteiger partial charge in [-0.2, -0.15) is 0 Å². The Morgan fingerprint density at radius 1 is 1.36 bits per heavy atom. The zero-order chi connectivity index (χ0) is 15.5. The lowest BCUT2D eigenvalue weighted by molar-refractivity contribution is 0.305. The minimum Gasteiger partial charge on any atom is -0.487 e. The maximum Gasteiger partial charge on any atom is 0.147 e. The van der Waals surface area contributed by atoms with E-state index in [1.807, 2.05) is 0 Å². The predicted octanol–water partition coefficient (Wildman–Crippen LogP) is 2.99. The van der Waals surface area contributed by atoms with Gasteiger partial charge in [0.25, 0.3) is 0 Å². The van der Waals surface area contributed by atoms with E-state index < -0.39 is 0 Å². The Labute approximate surface area is 133 Å². The highest BCUT2D eigenvalue weighted by Gasteiger charge is 2.22. The molecule has 0 saturated carbocycles. The number of halogens is 2. The zero-order valence-electron chi connectivity index (χ0n) is 12.0. The Morgan fingerprint density at radius 2 is 2.14 bits per heavy atom. The molecule has 1 aliphatic rings. The first-order valence-electron chi connectivity index (χ1n) is 7.15. The van der Waals surface area contributed by atoms with Crippen molar-refractivity contribution in [2.45, 2.75) is 19.1 Å². The van der Waals surface area contributed by atoms with E-state index in [0.29, 0.717) is 17.4 Å². The van der Waals surface area contributed by atoms with Gasteiger partial charge >= 0.3 is 0 Å². The van der Waals surface area contributed by atoms with Gasteiger partial charge in [-0.1, -0.05) is 23.7 Å². The lowest BCUT2D eigenvalue weighted by Crippen LogP contribution is -2.27. The summed E-state index contributed by atoms with van der Waals surface area (Å²) in [5.74, 6) is 1.06. The lowest BCUT2D eigenvalue weighted by atomic mass is 10.2. The monoisotopic (exact) mass is 321 g/mol. The van der Waals surface area contributed by atoms with E-state index >= 15 is 0 Å². The minimum absolute atomic E-state index is 0.173. The summed E-state index contributed by atoms with van der Waals surface area (Å²) in [5.41, 5.74) is 6.78. The van der Waals surface area contributed by atoms with Crippen LogP contribution in [-0.4, -0.2) is 24.1 Å². The third-order valence-corrected chi connectivity index (χ3v) is 3.92. The van der Waals surface area contributed by atoms with Gasteiger partial charge < -0.3 is 15.4 Å². The van der Waals surface area contributed by atoms with Gasteiger partial charge in [0, 0.05) is 25.2 Å². The van der Waals surface area contributed by atoms with E-state index in [4.69, 9.17) is 22.1 Å². The molecule has 1 atom stereocenters. The molecule has 3 rings (SSSR count). The fourth-order valence-corrected chi connectivity index (χ4v) is 2.73. The SMILES string of the molecule is NC1CCN(c2ncc(OCc3ccc(F)cc3)cc2Cl)C1. The number of hydrogen-bond donors (Lipinski definition) is 1. The number of benzene rings is 1. The molecule has 1 aromatic heterocycles. The summed E-state index contributed by atoms with van der Waals surface area (Å²) in [7, 11) is 0. The molecule has 6 heteroatoms. The van der Waals surface area contributed by atoms with Crippen LogP contribution in [0.3, 0.4) is 0 Å². The summed E-state index contributed by atoms with van der Waals surface area (Å²) in [5, 5.41) is 0.547. The van der Waals surface area contributed by atoms with Gasteiger partial charge in [0.2, 0.25) is 0 Å². The van der Waals surface area contributed by atoms with Crippen molar-refractivity contribution >= 4 is 17.4 Å². The van der Waals surface area contributed by atoms with Gasteiger partial charge in [-0.15, -0.1) is 0 Å². The molecule has 0 spiro atoms. The van der Waals surface area contributed by atoms with Crippen molar-refractivity contribution in [1.29, 1.82) is 0 Å². The number of rotatable bonds is 4. The maximum atomic E-state index is 12.8. The van der Waals surface area contributed by atoms with Crippen molar-refractivity contribution in [3.05, 3.63) is 52.9 Å². The van der Waals surface area contributed by atoms with E-state index in [1.54, 1.807) is 24.4 Å². The van der Waals surface area contributed by atoms with Crippen LogP contribution in [0.2, 0.25) is 5.02 Å². The molecule has 1 unspecified atom stereocenters. The predicted molar refractivity (Wildman–Crippen MR) is 84.8 cm³/mol. The molecule has 0 bridgehead atoms. The molecule has 22 heavy (non-hydrogen) atoms. The van der Waals surface area contributed by atoms with Gasteiger partial charge in [0.15, 0.2) is 0 Å². The van der Waals surface area contributed by atoms with Crippen LogP contribution in [-0.2, 0) is 6.61 Å². The molecular formula is C16H17ClFN3O. The average molecular weight is 322 g/mol. The first-order chi connectivity index (χ1) is 10.6. The van der Waals surface area contributed by atoms with Crippen LogP contribution in [0.25, 0.3) is 0 Å². The molecule has 2 aromatic rings. The summed E-state index contributed by atoms with van der Waals surface area (Å²) in [4.78, 5) is 6.45. The van der Waals surface area contributed by atoms with Crippen molar-refractivity contribution in [3.8, 4) is 5.75 Å². The Balaban J connectivity index is 1.65. The van der Waals surface area contributed by atoms with E-state index in [-0.39, 0.29) is 11.9 Å². The normalized spacial score (nSPS) is 17.8. The number of hydrogen-bond acceptors (Lipinski definition) is 4. The molecule has 1 saturated heterocycles. The zero-order valence-corrected chi connectivity index (χ0v) is 12.8. The molecule has 2 heterocycles. The molecule has 0 aliphatic carbocycles. The number of pyridine rings is 1. The topological polar surface area (TPSA) is 51.4 Å². The number of aromatic nitrogens is 1. The van der Waals surface area contributed by atoms with E-state index in [2.05, 4.69) is 9.88 Å². The van der Waals surface area contributed by atoms with Crippen LogP contribution in [0.5, 0.6) is 5.75 Å². The summed E-state index contributed by atoms with van der Waals surface area (Å²) >= 11 is 6.29. The molecule has 0 amide bonds. The van der Waals surface area contributed by atoms with Crippen molar-refractivity contribution < 1.29 is 9.13 Å². The summed E-state index contributed by atoms with van der Waals surface area (Å²) in [6, 6.07) is 8.10. The smallest absolute Gasteiger partial charge is 0.147 e. The Kier molecular flexibility index (Phi) is 4.45. The molecule has 0 radical (unpaired) electrons. The van der Waals surface area contributed by atoms with Crippen LogP contribution in [0.15, 0.2) is 36.5 Å². The highest BCUT2D eigenvalue weighted by Crippen LogP contribution is 2.29. The van der Waals surface area contributed by atoms with E-state index in [9.17, 15) is 4.39 Å². The molecule has 1 aliphatic heterocycles. The minimum atomic E-state index is -0.262. The largest absolute Gasteiger partial charge is 0.487 e. The van der Waals surface area contributed by atoms with Crippen LogP contribution in [0.1, 0.15) is 12.0 Å². The van der Waals surface area contributed by atoms with Crippen molar-refractivity contribution in [1.82, 2.24) is 4.98 Å². The Hall–Kier alpha value is -1.85. The van der Waals surface area contributed by atoms with Crippen molar-refractivity contribution in [3.63, 3.8) is 0 Å². The first-order valence-corrected chi connectivity index (χ1v) is 7.53. The average Bonchev–Trinajstić information content (AvgIpc) is 2.93. The third kappa shape index (κ3) is 3.48. The van der Waals surface area contributed by atoms with Crippen molar-refractivity contribution in [2.75, 3.05) is 18.0 Å². The fraction of sp³-hybridized carbons (Fsp3) is 0.312. The van der Waals surface area contributed by atoms with Gasteiger partial charge in [-0.05, 0) is 24.1 Å². The van der Waals surface area contributed by atoms with Gasteiger partial charge in [0.1, 0.15) is 24.0 Å². The van der Waals surface area contributed by atoms with Crippen LogP contribution in [0.4, 0.5) is 10.2 Å². The van der Waals surface area contributed by atoms with E-state index in [0.717, 1.165) is 30.9 Å². The standard InChI is InChI=1S/C16H17ClFN3O/c17-15-7-14(22-10-11-1-3-12(18)4-2-11)8-20-16(15)21-6-5-13(19)9-21/h1-4,7-8,13H,5-6,9-10,19H2. The second-order valence-corrected chi connectivity index (χ2v) is 5.79. The maximum absolute atomic E-state index is 12.8. The fourth-order valence-electron chi connectivity index (χ4n) is 2.45. The number of ether oxygens (including phenoxy) is 1. The number of nitrogens with two attached hydrogens (primary N) is 1. The summed E-state index contributed by atoms with van der Waals surface area (Å²) < 4.78 is 18.5. The molecule has 1 aromatic carbocycles. The molecule has 1 fully saturated rings. The quantitative estimate of drug-likeness (QED) is 0.940. The number of anilines is 1. The molecule has 4 nitrogen and oxygen atoms in total. The summed E-state index contributed by atoms with van der Waals surface area (Å²) in [6.07, 6.45) is 2.59. The summed E-state index contributed by atoms with van der Waals surface area (Å²) in [6.45, 7) is 1.97. The highest BCUT2D eigenvalue weighted by molar-refractivity contribution is 6.33. The van der Waals surface area contributed by atoms with Crippen LogP contribution >= 0.6 is 11.6 Å². The van der Waals surface area contributed by atoms with Crippen LogP contribution < -0.4 is 15.4 Å². The van der Waals surface area contributed by atoms with E-state index in [1.165, 1.54) is 12.1 Å². The van der Waals surface area contributed by atoms with Crippen molar-refractivity contribution in [2.24, 2.45) is 5.73 Å². The van der Waals surface area contributed by atoms with Gasteiger partial charge in [-0.25, -0.2) is 9.37 Å². The second kappa shape index (κ2) is 6.50. The first kappa shape index (κ1) is 15.1. The number of nitrogens with zero attached hydrogens (tertiary/aromatic N) is 2. The molecule has 116 valence electrons. The Morgan fingerprint density at radius 3 is 2.77 bits per heavy atom. The lowest BCUT2D eigenvalue weighted by Gasteiger charge is -2.18. The Bertz CT molecular complexity index is 650. The second-order valence-electron chi connectivity index (χ2n) is 5.39. The molecule has 2 N–H and O–H groups in total.